The number of aromatic nitrogens is 5. The van der Waals surface area contributed by atoms with Gasteiger partial charge in [0.1, 0.15) is 0 Å². The molecule has 0 aliphatic heterocycles. The van der Waals surface area contributed by atoms with E-state index in [4.69, 9.17) is 0 Å². The van der Waals surface area contributed by atoms with Crippen molar-refractivity contribution in [3.05, 3.63) is 35.8 Å². The number of anilines is 1. The maximum absolute atomic E-state index is 12.5. The number of H-pyrrole nitrogens is 1. The number of hydrogen-bond acceptors (Lipinski definition) is 4. The summed E-state index contributed by atoms with van der Waals surface area (Å²) in [7, 11) is 0. The summed E-state index contributed by atoms with van der Waals surface area (Å²) >= 11 is 0. The van der Waals surface area contributed by atoms with E-state index in [1.165, 1.54) is 25.7 Å². The average molecular weight is 336 g/mol. The predicted octanol–water partition coefficient (Wildman–Crippen LogP) is 3.40. The SMILES string of the molecule is O=C(Nc1cc(C2CC2)[nH]n1)c1cnc2c(cnn2C2CCCC2)c1. The van der Waals surface area contributed by atoms with Crippen LogP contribution in [0.3, 0.4) is 0 Å². The number of aromatic amines is 1. The summed E-state index contributed by atoms with van der Waals surface area (Å²) in [6, 6.07) is 4.21. The Labute approximate surface area is 144 Å². The summed E-state index contributed by atoms with van der Waals surface area (Å²) in [5.41, 5.74) is 2.48. The van der Waals surface area contributed by atoms with E-state index in [-0.39, 0.29) is 5.91 Å². The highest BCUT2D eigenvalue weighted by Gasteiger charge is 2.26. The first-order valence-electron chi connectivity index (χ1n) is 8.98. The quantitative estimate of drug-likeness (QED) is 0.764. The van der Waals surface area contributed by atoms with Crippen molar-refractivity contribution in [1.29, 1.82) is 0 Å². The van der Waals surface area contributed by atoms with Crippen LogP contribution in [0, 0.1) is 0 Å². The van der Waals surface area contributed by atoms with Gasteiger partial charge in [-0.25, -0.2) is 9.67 Å². The standard InChI is InChI=1S/C18H20N6O/c25-18(21-16-8-15(22-23-16)11-5-6-11)13-7-12-10-20-24(17(12)19-9-13)14-3-1-2-4-14/h7-11,14H,1-6H2,(H2,21,22,23,25). The van der Waals surface area contributed by atoms with E-state index in [1.807, 2.05) is 16.8 Å². The van der Waals surface area contributed by atoms with Crippen molar-refractivity contribution in [2.75, 3.05) is 5.32 Å². The molecule has 3 aromatic rings. The van der Waals surface area contributed by atoms with Crippen molar-refractivity contribution in [2.45, 2.75) is 50.5 Å². The second-order valence-electron chi connectivity index (χ2n) is 7.10. The zero-order valence-electron chi connectivity index (χ0n) is 13.9. The van der Waals surface area contributed by atoms with Gasteiger partial charge in [0.25, 0.3) is 5.91 Å². The number of fused-ring (bicyclic) bond motifs is 1. The lowest BCUT2D eigenvalue weighted by molar-refractivity contribution is 0.102. The van der Waals surface area contributed by atoms with Crippen LogP contribution in [-0.4, -0.2) is 30.9 Å². The number of carbonyl (C=O) groups excluding carboxylic acids is 1. The predicted molar refractivity (Wildman–Crippen MR) is 93.5 cm³/mol. The number of carbonyl (C=O) groups is 1. The van der Waals surface area contributed by atoms with Gasteiger partial charge in [-0.1, -0.05) is 12.8 Å². The summed E-state index contributed by atoms with van der Waals surface area (Å²) < 4.78 is 2.01. The van der Waals surface area contributed by atoms with Crippen molar-refractivity contribution in [3.8, 4) is 0 Å². The maximum atomic E-state index is 12.5. The molecule has 0 spiro atoms. The van der Waals surface area contributed by atoms with Gasteiger partial charge < -0.3 is 5.32 Å². The molecule has 25 heavy (non-hydrogen) atoms. The minimum Gasteiger partial charge on any atom is -0.305 e. The van der Waals surface area contributed by atoms with E-state index >= 15 is 0 Å². The van der Waals surface area contributed by atoms with E-state index in [9.17, 15) is 4.79 Å². The third kappa shape index (κ3) is 2.69. The Morgan fingerprint density at radius 1 is 1.16 bits per heavy atom. The highest BCUT2D eigenvalue weighted by Crippen LogP contribution is 2.39. The van der Waals surface area contributed by atoms with Crippen molar-refractivity contribution >= 4 is 22.8 Å². The van der Waals surface area contributed by atoms with Crippen LogP contribution in [0.5, 0.6) is 0 Å². The third-order valence-corrected chi connectivity index (χ3v) is 5.22. The lowest BCUT2D eigenvalue weighted by Gasteiger charge is -2.10. The largest absolute Gasteiger partial charge is 0.305 e. The molecule has 0 bridgehead atoms. The number of pyridine rings is 1. The van der Waals surface area contributed by atoms with Gasteiger partial charge in [-0.3, -0.25) is 9.89 Å². The Kier molecular flexibility index (Phi) is 3.33. The molecular weight excluding hydrogens is 316 g/mol. The number of nitrogens with one attached hydrogen (secondary N) is 2. The fraction of sp³-hybridized carbons (Fsp3) is 0.444. The van der Waals surface area contributed by atoms with Crippen LogP contribution in [0.25, 0.3) is 11.0 Å². The smallest absolute Gasteiger partial charge is 0.258 e. The fourth-order valence-electron chi connectivity index (χ4n) is 3.67. The minimum atomic E-state index is -0.197. The van der Waals surface area contributed by atoms with Gasteiger partial charge in [0.2, 0.25) is 0 Å². The molecule has 0 radical (unpaired) electrons. The molecule has 2 fully saturated rings. The summed E-state index contributed by atoms with van der Waals surface area (Å²) in [4.78, 5) is 17.0. The van der Waals surface area contributed by atoms with Gasteiger partial charge >= 0.3 is 0 Å². The van der Waals surface area contributed by atoms with E-state index in [0.717, 1.165) is 29.6 Å². The average Bonchev–Trinajstić information content (AvgIpc) is 3.04. The van der Waals surface area contributed by atoms with Gasteiger partial charge in [0.15, 0.2) is 11.5 Å². The molecule has 7 nitrogen and oxygen atoms in total. The number of amides is 1. The van der Waals surface area contributed by atoms with Crippen LogP contribution in [0.4, 0.5) is 5.82 Å². The molecule has 0 atom stereocenters. The first-order chi connectivity index (χ1) is 12.3. The number of nitrogens with zero attached hydrogens (tertiary/aromatic N) is 4. The second kappa shape index (κ2) is 5.68. The zero-order chi connectivity index (χ0) is 16.8. The van der Waals surface area contributed by atoms with Crippen molar-refractivity contribution < 1.29 is 4.79 Å². The second-order valence-corrected chi connectivity index (χ2v) is 7.10. The zero-order valence-corrected chi connectivity index (χ0v) is 13.9. The van der Waals surface area contributed by atoms with Crippen LogP contribution < -0.4 is 5.32 Å². The summed E-state index contributed by atoms with van der Waals surface area (Å²) in [6.45, 7) is 0. The molecule has 2 N–H and O–H groups in total. The molecule has 7 heteroatoms. The van der Waals surface area contributed by atoms with Crippen LogP contribution in [-0.2, 0) is 0 Å². The number of hydrogen-bond donors (Lipinski definition) is 2. The first-order valence-corrected chi connectivity index (χ1v) is 8.98. The Hall–Kier alpha value is -2.70. The molecule has 0 saturated heterocycles. The molecule has 2 aliphatic carbocycles. The van der Waals surface area contributed by atoms with Crippen LogP contribution in [0.1, 0.15) is 66.5 Å². The van der Waals surface area contributed by atoms with Gasteiger partial charge in [0.05, 0.1) is 17.8 Å². The van der Waals surface area contributed by atoms with E-state index < -0.39 is 0 Å². The molecule has 5 rings (SSSR count). The molecule has 128 valence electrons. The van der Waals surface area contributed by atoms with Gasteiger partial charge in [-0.15, -0.1) is 0 Å². The first kappa shape index (κ1) is 14.6. The Morgan fingerprint density at radius 2 is 2.00 bits per heavy atom. The van der Waals surface area contributed by atoms with Crippen molar-refractivity contribution in [3.63, 3.8) is 0 Å². The topological polar surface area (TPSA) is 88.5 Å². The molecule has 2 saturated carbocycles. The van der Waals surface area contributed by atoms with Crippen LogP contribution in [0.2, 0.25) is 0 Å². The van der Waals surface area contributed by atoms with Crippen LogP contribution >= 0.6 is 0 Å². The molecule has 1 amide bonds. The summed E-state index contributed by atoms with van der Waals surface area (Å²) in [5.74, 6) is 0.947. The van der Waals surface area contributed by atoms with E-state index in [1.54, 1.807) is 12.4 Å². The maximum Gasteiger partial charge on any atom is 0.258 e. The molecule has 0 aromatic carbocycles. The Bertz CT molecular complexity index is 932. The van der Waals surface area contributed by atoms with Crippen LogP contribution in [0.15, 0.2) is 24.5 Å². The molecule has 2 aliphatic rings. The highest BCUT2D eigenvalue weighted by atomic mass is 16.1. The molecular formula is C18H20N6O. The molecule has 0 unspecified atom stereocenters. The minimum absolute atomic E-state index is 0.197. The fourth-order valence-corrected chi connectivity index (χ4v) is 3.67. The van der Waals surface area contributed by atoms with Crippen molar-refractivity contribution in [2.24, 2.45) is 0 Å². The monoisotopic (exact) mass is 336 g/mol. The number of rotatable bonds is 4. The summed E-state index contributed by atoms with van der Waals surface area (Å²) in [5, 5.41) is 15.4. The normalized spacial score (nSPS) is 18.1. The Balaban J connectivity index is 1.37. The third-order valence-electron chi connectivity index (χ3n) is 5.22. The molecule has 3 heterocycles. The van der Waals surface area contributed by atoms with Crippen molar-refractivity contribution in [1.82, 2.24) is 25.0 Å². The lowest BCUT2D eigenvalue weighted by atomic mass is 10.2. The highest BCUT2D eigenvalue weighted by molar-refractivity contribution is 6.05. The lowest BCUT2D eigenvalue weighted by Crippen LogP contribution is -2.13. The van der Waals surface area contributed by atoms with E-state index in [2.05, 4.69) is 25.6 Å². The van der Waals surface area contributed by atoms with Gasteiger partial charge in [-0.2, -0.15) is 10.2 Å². The Morgan fingerprint density at radius 3 is 2.80 bits per heavy atom. The molecule has 3 aromatic heterocycles. The van der Waals surface area contributed by atoms with Gasteiger partial charge in [0, 0.05) is 29.3 Å². The van der Waals surface area contributed by atoms with Gasteiger partial charge in [-0.05, 0) is 31.7 Å². The van der Waals surface area contributed by atoms with E-state index in [0.29, 0.717) is 23.3 Å². The summed E-state index contributed by atoms with van der Waals surface area (Å²) in [6.07, 6.45) is 10.6.